The van der Waals surface area contributed by atoms with Crippen LogP contribution >= 0.6 is 0 Å². The Morgan fingerprint density at radius 3 is 2.85 bits per heavy atom. The highest BCUT2D eigenvalue weighted by atomic mass is 19.3. The molecule has 0 saturated heterocycles. The second-order valence-electron chi connectivity index (χ2n) is 4.39. The summed E-state index contributed by atoms with van der Waals surface area (Å²) < 4.78 is 26.4. The van der Waals surface area contributed by atoms with E-state index in [0.717, 1.165) is 0 Å². The minimum Gasteiger partial charge on any atom is -0.347 e. The van der Waals surface area contributed by atoms with E-state index in [1.165, 1.54) is 10.7 Å². The van der Waals surface area contributed by atoms with Gasteiger partial charge in [0, 0.05) is 18.1 Å². The maximum atomic E-state index is 12.6. The second kappa shape index (κ2) is 5.81. The van der Waals surface area contributed by atoms with Crippen LogP contribution in [0.1, 0.15) is 36.6 Å². The van der Waals surface area contributed by atoms with Gasteiger partial charge in [0.05, 0.1) is 6.54 Å². The second-order valence-corrected chi connectivity index (χ2v) is 4.39. The van der Waals surface area contributed by atoms with E-state index in [1.54, 1.807) is 26.2 Å². The number of H-pyrrole nitrogens is 1. The molecule has 2 N–H and O–H groups in total. The van der Waals surface area contributed by atoms with Crippen molar-refractivity contribution in [1.82, 2.24) is 25.1 Å². The van der Waals surface area contributed by atoms with Crippen molar-refractivity contribution in [2.24, 2.45) is 0 Å². The molecule has 0 aliphatic heterocycles. The molecular formula is C12H15F2N5O. The summed E-state index contributed by atoms with van der Waals surface area (Å²) in [7, 11) is 0. The first-order valence-corrected chi connectivity index (χ1v) is 6.09. The van der Waals surface area contributed by atoms with Crippen molar-refractivity contribution in [2.45, 2.75) is 32.9 Å². The smallest absolute Gasteiger partial charge is 0.282 e. The Hall–Kier alpha value is -2.25. The number of carbonyl (C=O) groups excluding carboxylic acids is 1. The Balaban J connectivity index is 2.02. The lowest BCUT2D eigenvalue weighted by atomic mass is 10.3. The number of imidazole rings is 1. The van der Waals surface area contributed by atoms with Crippen LogP contribution < -0.4 is 5.32 Å². The predicted molar refractivity (Wildman–Crippen MR) is 67.1 cm³/mol. The van der Waals surface area contributed by atoms with E-state index in [1.807, 2.05) is 0 Å². The molecule has 0 aliphatic carbocycles. The number of amides is 1. The van der Waals surface area contributed by atoms with Crippen LogP contribution in [0.4, 0.5) is 8.78 Å². The molecule has 1 unspecified atom stereocenters. The van der Waals surface area contributed by atoms with Gasteiger partial charge in [-0.3, -0.25) is 9.48 Å². The van der Waals surface area contributed by atoms with E-state index in [0.29, 0.717) is 11.5 Å². The predicted octanol–water partition coefficient (Wildman–Crippen LogP) is 1.73. The maximum Gasteiger partial charge on any atom is 0.282 e. The molecule has 0 fully saturated rings. The average molecular weight is 283 g/mol. The third-order valence-corrected chi connectivity index (χ3v) is 2.90. The molecule has 6 nitrogen and oxygen atoms in total. The quantitative estimate of drug-likeness (QED) is 0.877. The molecule has 0 aliphatic rings. The van der Waals surface area contributed by atoms with E-state index in [2.05, 4.69) is 20.4 Å². The zero-order valence-corrected chi connectivity index (χ0v) is 11.1. The van der Waals surface area contributed by atoms with Crippen molar-refractivity contribution in [1.29, 1.82) is 0 Å². The third kappa shape index (κ3) is 3.01. The van der Waals surface area contributed by atoms with Gasteiger partial charge in [-0.2, -0.15) is 5.10 Å². The number of alkyl halides is 2. The highest BCUT2D eigenvalue weighted by Gasteiger charge is 2.21. The topological polar surface area (TPSA) is 75.6 Å². The summed E-state index contributed by atoms with van der Waals surface area (Å²) >= 11 is 0. The lowest BCUT2D eigenvalue weighted by molar-refractivity contribution is -0.124. The first-order chi connectivity index (χ1) is 9.49. The Morgan fingerprint density at radius 1 is 1.55 bits per heavy atom. The van der Waals surface area contributed by atoms with Gasteiger partial charge in [-0.1, -0.05) is 0 Å². The molecular weight excluding hydrogens is 268 g/mol. The van der Waals surface area contributed by atoms with Crippen LogP contribution in [0, 0.1) is 6.92 Å². The van der Waals surface area contributed by atoms with Crippen LogP contribution in [0.5, 0.6) is 0 Å². The number of nitrogens with zero attached hydrogens (tertiary/aromatic N) is 3. The van der Waals surface area contributed by atoms with Gasteiger partial charge in [0.2, 0.25) is 5.91 Å². The van der Waals surface area contributed by atoms with Gasteiger partial charge in [-0.25, -0.2) is 13.8 Å². The summed E-state index contributed by atoms with van der Waals surface area (Å²) in [6.45, 7) is 3.49. The normalized spacial score (nSPS) is 12.7. The van der Waals surface area contributed by atoms with Crippen molar-refractivity contribution >= 4 is 5.91 Å². The molecule has 2 rings (SSSR count). The Labute approximate surface area is 114 Å². The summed E-state index contributed by atoms with van der Waals surface area (Å²) in [5, 5.41) is 6.43. The Bertz CT molecular complexity index is 579. The fourth-order valence-electron chi connectivity index (χ4n) is 1.84. The summed E-state index contributed by atoms with van der Waals surface area (Å²) in [5.41, 5.74) is 0.189. The highest BCUT2D eigenvalue weighted by Crippen LogP contribution is 2.20. The third-order valence-electron chi connectivity index (χ3n) is 2.90. The van der Waals surface area contributed by atoms with Crippen molar-refractivity contribution < 1.29 is 13.6 Å². The Morgan fingerprint density at radius 2 is 2.30 bits per heavy atom. The summed E-state index contributed by atoms with van der Waals surface area (Å²) in [5.74, 6) is 0.310. The molecule has 8 heteroatoms. The molecule has 108 valence electrons. The molecule has 2 heterocycles. The van der Waals surface area contributed by atoms with Gasteiger partial charge in [0.1, 0.15) is 17.6 Å². The fraction of sp³-hybridized carbons (Fsp3) is 0.417. The van der Waals surface area contributed by atoms with Crippen LogP contribution in [-0.2, 0) is 11.3 Å². The molecule has 1 atom stereocenters. The number of aromatic nitrogens is 4. The van der Waals surface area contributed by atoms with Gasteiger partial charge in [-0.15, -0.1) is 0 Å². The maximum absolute atomic E-state index is 12.6. The van der Waals surface area contributed by atoms with E-state index >= 15 is 0 Å². The monoisotopic (exact) mass is 283 g/mol. The standard InChI is InChI=1S/C12H15F2N5O/c1-7-5-9(11(13)14)18-19(7)8(2)12(20)17-6-10-15-3-4-16-10/h3-5,8,11H,6H2,1-2H3,(H,15,16)(H,17,20). The SMILES string of the molecule is Cc1cc(C(F)F)nn1C(C)C(=O)NCc1ncc[nH]1. The number of halogens is 2. The van der Waals surface area contributed by atoms with Gasteiger partial charge < -0.3 is 10.3 Å². The van der Waals surface area contributed by atoms with Crippen LogP contribution in [0.25, 0.3) is 0 Å². The first kappa shape index (κ1) is 14.2. The van der Waals surface area contributed by atoms with Crippen molar-refractivity contribution in [2.75, 3.05) is 0 Å². The average Bonchev–Trinajstić information content (AvgIpc) is 3.04. The van der Waals surface area contributed by atoms with Gasteiger partial charge in [0.15, 0.2) is 0 Å². The number of aryl methyl sites for hydroxylation is 1. The number of aromatic amines is 1. The van der Waals surface area contributed by atoms with Gasteiger partial charge in [0.25, 0.3) is 6.43 Å². The summed E-state index contributed by atoms with van der Waals surface area (Å²) in [4.78, 5) is 18.8. The number of nitrogens with one attached hydrogen (secondary N) is 2. The van der Waals surface area contributed by atoms with Crippen LogP contribution in [0.3, 0.4) is 0 Å². The van der Waals surface area contributed by atoms with Crippen LogP contribution in [-0.4, -0.2) is 25.7 Å². The zero-order valence-electron chi connectivity index (χ0n) is 11.1. The molecule has 1 amide bonds. The van der Waals surface area contributed by atoms with E-state index < -0.39 is 12.5 Å². The number of rotatable bonds is 5. The molecule has 2 aromatic heterocycles. The van der Waals surface area contributed by atoms with Crippen molar-refractivity contribution in [3.05, 3.63) is 35.7 Å². The first-order valence-electron chi connectivity index (χ1n) is 6.09. The van der Waals surface area contributed by atoms with E-state index in [4.69, 9.17) is 0 Å². The van der Waals surface area contributed by atoms with E-state index in [9.17, 15) is 13.6 Å². The van der Waals surface area contributed by atoms with Crippen molar-refractivity contribution in [3.63, 3.8) is 0 Å². The number of hydrogen-bond donors (Lipinski definition) is 2. The minimum atomic E-state index is -2.65. The van der Waals surface area contributed by atoms with E-state index in [-0.39, 0.29) is 18.1 Å². The molecule has 0 radical (unpaired) electrons. The molecule has 2 aromatic rings. The molecule has 20 heavy (non-hydrogen) atoms. The number of hydrogen-bond acceptors (Lipinski definition) is 3. The van der Waals surface area contributed by atoms with Crippen LogP contribution in [0.2, 0.25) is 0 Å². The van der Waals surface area contributed by atoms with Gasteiger partial charge >= 0.3 is 0 Å². The van der Waals surface area contributed by atoms with Gasteiger partial charge in [-0.05, 0) is 19.9 Å². The van der Waals surface area contributed by atoms with Crippen LogP contribution in [0.15, 0.2) is 18.5 Å². The zero-order chi connectivity index (χ0) is 14.7. The minimum absolute atomic E-state index is 0.248. The number of carbonyl (C=O) groups is 1. The Kier molecular flexibility index (Phi) is 4.11. The lowest BCUT2D eigenvalue weighted by Crippen LogP contribution is -2.31. The summed E-state index contributed by atoms with van der Waals surface area (Å²) in [6, 6.07) is 0.610. The molecule has 0 saturated carbocycles. The largest absolute Gasteiger partial charge is 0.347 e. The van der Waals surface area contributed by atoms with Crippen molar-refractivity contribution in [3.8, 4) is 0 Å². The lowest BCUT2D eigenvalue weighted by Gasteiger charge is -2.13. The fourth-order valence-corrected chi connectivity index (χ4v) is 1.84. The highest BCUT2D eigenvalue weighted by molar-refractivity contribution is 5.79. The molecule has 0 spiro atoms. The summed E-state index contributed by atoms with van der Waals surface area (Å²) in [6.07, 6.45) is 0.586. The molecule has 0 bridgehead atoms. The molecule has 0 aromatic carbocycles.